The predicted octanol–water partition coefficient (Wildman–Crippen LogP) is -2.75. The summed E-state index contributed by atoms with van der Waals surface area (Å²) in [6, 6.07) is 0. The fourth-order valence-corrected chi connectivity index (χ4v) is 7.41. The van der Waals surface area contributed by atoms with Crippen molar-refractivity contribution in [2.75, 3.05) is 26.4 Å². The fourth-order valence-electron chi connectivity index (χ4n) is 7.41. The van der Waals surface area contributed by atoms with E-state index in [1.54, 1.807) is 6.08 Å². The van der Waals surface area contributed by atoms with E-state index in [-0.39, 0.29) is 44.3 Å². The lowest BCUT2D eigenvalue weighted by Gasteiger charge is -2.44. The van der Waals surface area contributed by atoms with Crippen molar-refractivity contribution in [2.24, 2.45) is 23.7 Å². The molecular weight excluding hydrogens is 668 g/mol. The van der Waals surface area contributed by atoms with Crippen LogP contribution in [0.1, 0.15) is 47.0 Å². The molecule has 0 bridgehead atoms. The Morgan fingerprint density at radius 1 is 0.820 bits per heavy atom. The summed E-state index contributed by atoms with van der Waals surface area (Å²) < 4.78 is 39.7. The number of esters is 2. The quantitative estimate of drug-likeness (QED) is 0.0514. The van der Waals surface area contributed by atoms with E-state index in [4.69, 9.17) is 33.2 Å². The molecule has 50 heavy (non-hydrogen) atoms. The summed E-state index contributed by atoms with van der Waals surface area (Å²) in [6.07, 6.45) is -15.4. The second kappa shape index (κ2) is 16.0. The van der Waals surface area contributed by atoms with E-state index >= 15 is 0 Å². The molecule has 17 heteroatoms. The Bertz CT molecular complexity index is 1210. The van der Waals surface area contributed by atoms with Crippen molar-refractivity contribution in [3.8, 4) is 0 Å². The molecule has 16 unspecified atom stereocenters. The molecule has 3 saturated heterocycles. The third-order valence-corrected chi connectivity index (χ3v) is 10.0. The number of carbonyl (C=O) groups is 2. The first-order valence-corrected chi connectivity index (χ1v) is 17.2. The Labute approximate surface area is 289 Å². The van der Waals surface area contributed by atoms with Crippen LogP contribution < -0.4 is 0 Å². The van der Waals surface area contributed by atoms with Crippen molar-refractivity contribution in [1.29, 1.82) is 0 Å². The normalized spacial score (nSPS) is 44.0. The Hall–Kier alpha value is -1.84. The largest absolute Gasteiger partial charge is 0.462 e. The van der Waals surface area contributed by atoms with Crippen LogP contribution in [0.2, 0.25) is 0 Å². The van der Waals surface area contributed by atoms with Crippen LogP contribution in [0.5, 0.6) is 0 Å². The summed E-state index contributed by atoms with van der Waals surface area (Å²) >= 11 is 0. The molecule has 4 fully saturated rings. The minimum atomic E-state index is -1.75. The second-order valence-electron chi connectivity index (χ2n) is 14.8. The third-order valence-electron chi connectivity index (χ3n) is 10.0. The van der Waals surface area contributed by atoms with E-state index in [2.05, 4.69) is 0 Å². The van der Waals surface area contributed by atoms with Gasteiger partial charge in [-0.05, 0) is 17.4 Å². The molecule has 8 N–H and O–H groups in total. The highest BCUT2D eigenvalue weighted by molar-refractivity contribution is 5.70. The van der Waals surface area contributed by atoms with Gasteiger partial charge in [-0.2, -0.15) is 0 Å². The Balaban J connectivity index is 1.27. The molecule has 286 valence electrons. The van der Waals surface area contributed by atoms with Gasteiger partial charge in [-0.1, -0.05) is 33.8 Å². The van der Waals surface area contributed by atoms with Gasteiger partial charge >= 0.3 is 11.9 Å². The highest BCUT2D eigenvalue weighted by Gasteiger charge is 2.73. The van der Waals surface area contributed by atoms with Gasteiger partial charge in [-0.3, -0.25) is 9.59 Å². The highest BCUT2D eigenvalue weighted by atomic mass is 16.7. The number of ether oxygens (including phenoxy) is 7. The molecule has 5 aliphatic rings. The Kier molecular flexibility index (Phi) is 12.6. The zero-order valence-corrected chi connectivity index (χ0v) is 28.6. The van der Waals surface area contributed by atoms with Crippen LogP contribution in [0, 0.1) is 23.7 Å². The second-order valence-corrected chi connectivity index (χ2v) is 14.8. The van der Waals surface area contributed by atoms with Crippen molar-refractivity contribution in [3.63, 3.8) is 0 Å². The van der Waals surface area contributed by atoms with E-state index in [1.165, 1.54) is 0 Å². The minimum Gasteiger partial charge on any atom is -0.462 e. The number of carbonyl (C=O) groups excluding carboxylic acids is 2. The standard InChI is InChI=1S/C33H52O17/c1-13(2)7-19(35)46-12-33(43)22-16(47-20(36)8-14(3)4)6-5-15(21(22)29-30(33)50-29)10-44-31-28(42)26(40)24(38)18(49-31)11-45-32-27(41)25(39)23(37)17(9-34)48-32/h5,13-14,16-18,21-32,34,37-43H,6-12H2,1-4H3. The third kappa shape index (κ3) is 8.20. The lowest BCUT2D eigenvalue weighted by Crippen LogP contribution is -2.61. The monoisotopic (exact) mass is 720 g/mol. The molecule has 0 aromatic heterocycles. The maximum Gasteiger partial charge on any atom is 0.306 e. The first-order chi connectivity index (χ1) is 23.6. The molecular formula is C33H52O17. The van der Waals surface area contributed by atoms with Crippen LogP contribution in [0.3, 0.4) is 0 Å². The van der Waals surface area contributed by atoms with Gasteiger partial charge in [0.05, 0.1) is 25.9 Å². The summed E-state index contributed by atoms with van der Waals surface area (Å²) in [5.74, 6) is -2.07. The van der Waals surface area contributed by atoms with Crippen molar-refractivity contribution >= 4 is 11.9 Å². The number of aliphatic hydroxyl groups is 8. The molecule has 1 saturated carbocycles. The van der Waals surface area contributed by atoms with Crippen LogP contribution in [-0.2, 0) is 42.7 Å². The molecule has 0 radical (unpaired) electrons. The van der Waals surface area contributed by atoms with E-state index in [9.17, 15) is 50.4 Å². The molecule has 0 spiro atoms. The maximum absolute atomic E-state index is 12.8. The number of rotatable bonds is 14. The molecule has 3 aliphatic heterocycles. The van der Waals surface area contributed by atoms with Gasteiger partial charge in [-0.15, -0.1) is 0 Å². The minimum absolute atomic E-state index is 0.0415. The summed E-state index contributed by atoms with van der Waals surface area (Å²) in [6.45, 7) is 5.75. The number of hydrogen-bond donors (Lipinski definition) is 8. The molecule has 0 aromatic carbocycles. The smallest absolute Gasteiger partial charge is 0.306 e. The van der Waals surface area contributed by atoms with Gasteiger partial charge in [0.2, 0.25) is 0 Å². The van der Waals surface area contributed by atoms with Crippen molar-refractivity contribution in [2.45, 2.75) is 132 Å². The van der Waals surface area contributed by atoms with Gasteiger partial charge in [0, 0.05) is 31.1 Å². The lowest BCUT2D eigenvalue weighted by molar-refractivity contribution is -0.330. The van der Waals surface area contributed by atoms with Gasteiger partial charge in [0.25, 0.3) is 0 Å². The molecule has 2 aliphatic carbocycles. The molecule has 17 nitrogen and oxygen atoms in total. The fraction of sp³-hybridized carbons (Fsp3) is 0.879. The summed E-state index contributed by atoms with van der Waals surface area (Å²) in [4.78, 5) is 25.2. The number of epoxide rings is 1. The zero-order chi connectivity index (χ0) is 36.7. The van der Waals surface area contributed by atoms with Crippen LogP contribution in [-0.4, -0.2) is 165 Å². The van der Waals surface area contributed by atoms with E-state index in [0.29, 0.717) is 5.57 Å². The number of aliphatic hydroxyl groups excluding tert-OH is 7. The maximum atomic E-state index is 12.8. The Morgan fingerprint density at radius 3 is 2.02 bits per heavy atom. The first kappa shape index (κ1) is 39.4. The van der Waals surface area contributed by atoms with Gasteiger partial charge < -0.3 is 74.0 Å². The SMILES string of the molecule is CC(C)CC(=O)OCC1(O)C2OC2C2C(COC3OC(COC4OC(CO)C(O)C(O)C4O)C(O)C(O)C3O)=CCC(OC(=O)CC(C)C)C21. The van der Waals surface area contributed by atoms with Crippen LogP contribution >= 0.6 is 0 Å². The molecule has 0 aromatic rings. The van der Waals surface area contributed by atoms with Crippen molar-refractivity contribution < 1.29 is 83.6 Å². The summed E-state index contributed by atoms with van der Waals surface area (Å²) in [5, 5.41) is 83.7. The van der Waals surface area contributed by atoms with Gasteiger partial charge in [0.15, 0.2) is 12.6 Å². The molecule has 5 rings (SSSR count). The average Bonchev–Trinajstić information content (AvgIpc) is 3.81. The average molecular weight is 721 g/mol. The van der Waals surface area contributed by atoms with Crippen LogP contribution in [0.25, 0.3) is 0 Å². The van der Waals surface area contributed by atoms with E-state index in [0.717, 1.165) is 0 Å². The zero-order valence-electron chi connectivity index (χ0n) is 28.6. The number of fused-ring (bicyclic) bond motifs is 3. The lowest BCUT2D eigenvalue weighted by atomic mass is 9.72. The van der Waals surface area contributed by atoms with Crippen molar-refractivity contribution in [3.05, 3.63) is 11.6 Å². The van der Waals surface area contributed by atoms with E-state index in [1.807, 2.05) is 27.7 Å². The molecule has 0 amide bonds. The summed E-state index contributed by atoms with van der Waals surface area (Å²) in [7, 11) is 0. The van der Waals surface area contributed by atoms with Crippen LogP contribution in [0.4, 0.5) is 0 Å². The van der Waals surface area contributed by atoms with Crippen molar-refractivity contribution in [1.82, 2.24) is 0 Å². The highest BCUT2D eigenvalue weighted by Crippen LogP contribution is 2.59. The van der Waals surface area contributed by atoms with Gasteiger partial charge in [-0.25, -0.2) is 0 Å². The Morgan fingerprint density at radius 2 is 1.40 bits per heavy atom. The van der Waals surface area contributed by atoms with Gasteiger partial charge in [0.1, 0.15) is 73.2 Å². The topological polar surface area (TPSA) is 264 Å². The summed E-state index contributed by atoms with van der Waals surface area (Å²) in [5.41, 5.74) is -1.04. The molecule has 16 atom stereocenters. The first-order valence-electron chi connectivity index (χ1n) is 17.2. The molecule has 3 heterocycles. The number of hydrogen-bond acceptors (Lipinski definition) is 17. The predicted molar refractivity (Wildman–Crippen MR) is 165 cm³/mol. The van der Waals surface area contributed by atoms with E-state index < -0.39 is 122 Å². The van der Waals surface area contributed by atoms with Crippen LogP contribution in [0.15, 0.2) is 11.6 Å².